The summed E-state index contributed by atoms with van der Waals surface area (Å²) in [5.74, 6) is 6.03. The summed E-state index contributed by atoms with van der Waals surface area (Å²) in [7, 11) is 0. The maximum absolute atomic E-state index is 9.71. The molecule has 0 bridgehead atoms. The second kappa shape index (κ2) is 6.62. The predicted octanol–water partition coefficient (Wildman–Crippen LogP) is 4.19. The van der Waals surface area contributed by atoms with Gasteiger partial charge in [-0.15, -0.1) is 0 Å². The molecule has 2 N–H and O–H groups in total. The van der Waals surface area contributed by atoms with E-state index >= 15 is 0 Å². The lowest BCUT2D eigenvalue weighted by atomic mass is 9.97. The SMILES string of the molecule is Cc1c(C#CC2=CC(Cl)=CNN2O)cccc1-c1ccccc1. The van der Waals surface area contributed by atoms with Crippen LogP contribution in [0.4, 0.5) is 0 Å². The van der Waals surface area contributed by atoms with Gasteiger partial charge >= 0.3 is 0 Å². The molecule has 1 aliphatic heterocycles. The van der Waals surface area contributed by atoms with Crippen molar-refractivity contribution in [2.45, 2.75) is 6.92 Å². The standard InChI is InChI=1S/C19H15ClN2O/c1-14-15(10-11-18-12-17(20)13-21-22(18)23)8-5-9-19(14)16-6-3-2-4-7-16/h2-9,12-13,21,23H,1H3. The first-order valence-corrected chi connectivity index (χ1v) is 7.52. The van der Waals surface area contributed by atoms with Crippen LogP contribution >= 0.6 is 11.6 Å². The highest BCUT2D eigenvalue weighted by atomic mass is 35.5. The molecule has 1 heterocycles. The number of allylic oxidation sites excluding steroid dienone is 3. The summed E-state index contributed by atoms with van der Waals surface area (Å²) in [6.45, 7) is 2.05. The summed E-state index contributed by atoms with van der Waals surface area (Å²) in [5.41, 5.74) is 7.29. The number of benzene rings is 2. The zero-order chi connectivity index (χ0) is 16.2. The zero-order valence-corrected chi connectivity index (χ0v) is 13.3. The fraction of sp³-hybridized carbons (Fsp3) is 0.0526. The smallest absolute Gasteiger partial charge is 0.139 e. The number of hydrazine groups is 1. The normalized spacial score (nSPS) is 13.4. The average Bonchev–Trinajstić information content (AvgIpc) is 2.57. The van der Waals surface area contributed by atoms with Crippen molar-refractivity contribution in [1.29, 1.82) is 0 Å². The summed E-state index contributed by atoms with van der Waals surface area (Å²) in [4.78, 5) is 0. The van der Waals surface area contributed by atoms with E-state index in [0.29, 0.717) is 10.7 Å². The largest absolute Gasteiger partial charge is 0.280 e. The molecule has 3 nitrogen and oxygen atoms in total. The number of rotatable bonds is 1. The van der Waals surface area contributed by atoms with Crippen LogP contribution in [0.2, 0.25) is 0 Å². The number of halogens is 1. The Hall–Kier alpha value is -2.67. The molecule has 0 aromatic heterocycles. The van der Waals surface area contributed by atoms with Gasteiger partial charge in [-0.25, -0.2) is 0 Å². The molecule has 0 aliphatic carbocycles. The molecule has 0 fully saturated rings. The minimum Gasteiger partial charge on any atom is -0.280 e. The van der Waals surface area contributed by atoms with Crippen LogP contribution in [0.25, 0.3) is 11.1 Å². The van der Waals surface area contributed by atoms with E-state index in [1.807, 2.05) is 37.3 Å². The van der Waals surface area contributed by atoms with Crippen LogP contribution in [0.1, 0.15) is 11.1 Å². The Balaban J connectivity index is 1.97. The lowest BCUT2D eigenvalue weighted by molar-refractivity contribution is -0.0852. The van der Waals surface area contributed by atoms with Gasteiger partial charge in [0.25, 0.3) is 0 Å². The van der Waals surface area contributed by atoms with Crippen LogP contribution < -0.4 is 5.43 Å². The number of hydroxylamine groups is 1. The van der Waals surface area contributed by atoms with Crippen LogP contribution in [-0.4, -0.2) is 10.4 Å². The maximum atomic E-state index is 9.71. The maximum Gasteiger partial charge on any atom is 0.139 e. The first kappa shape index (κ1) is 15.2. The Bertz CT molecular complexity index is 845. The molecule has 0 spiro atoms. The Labute approximate surface area is 140 Å². The molecule has 1 aliphatic rings. The van der Waals surface area contributed by atoms with Crippen molar-refractivity contribution < 1.29 is 5.21 Å². The molecule has 0 radical (unpaired) electrons. The van der Waals surface area contributed by atoms with Crippen LogP contribution in [-0.2, 0) is 0 Å². The molecule has 0 atom stereocenters. The molecule has 23 heavy (non-hydrogen) atoms. The summed E-state index contributed by atoms with van der Waals surface area (Å²) < 4.78 is 0. The molecule has 0 unspecified atom stereocenters. The third-order valence-corrected chi connectivity index (χ3v) is 3.79. The van der Waals surface area contributed by atoms with E-state index in [1.165, 1.54) is 6.20 Å². The van der Waals surface area contributed by atoms with Crippen molar-refractivity contribution in [1.82, 2.24) is 10.6 Å². The van der Waals surface area contributed by atoms with Gasteiger partial charge < -0.3 is 0 Å². The van der Waals surface area contributed by atoms with Crippen molar-refractivity contribution in [2.75, 3.05) is 0 Å². The first-order chi connectivity index (χ1) is 11.1. The predicted molar refractivity (Wildman–Crippen MR) is 92.3 cm³/mol. The van der Waals surface area contributed by atoms with E-state index in [1.54, 1.807) is 6.08 Å². The van der Waals surface area contributed by atoms with Crippen LogP contribution in [0.5, 0.6) is 0 Å². The van der Waals surface area contributed by atoms with Crippen molar-refractivity contribution in [3.63, 3.8) is 0 Å². The molecule has 4 heteroatoms. The zero-order valence-electron chi connectivity index (χ0n) is 12.5. The van der Waals surface area contributed by atoms with Crippen LogP contribution in [0, 0.1) is 18.8 Å². The molecule has 0 saturated carbocycles. The van der Waals surface area contributed by atoms with Gasteiger partial charge in [-0.2, -0.15) is 5.17 Å². The number of nitrogens with one attached hydrogen (secondary N) is 1. The average molecular weight is 323 g/mol. The van der Waals surface area contributed by atoms with Gasteiger partial charge in [0.1, 0.15) is 5.70 Å². The highest BCUT2D eigenvalue weighted by Gasteiger charge is 2.09. The molecule has 3 rings (SSSR count). The summed E-state index contributed by atoms with van der Waals surface area (Å²) in [6, 6.07) is 16.2. The Morgan fingerprint density at radius 3 is 2.61 bits per heavy atom. The molecule has 0 saturated heterocycles. The fourth-order valence-electron chi connectivity index (χ4n) is 2.35. The highest BCUT2D eigenvalue weighted by Crippen LogP contribution is 2.25. The minimum absolute atomic E-state index is 0.391. The van der Waals surface area contributed by atoms with E-state index in [4.69, 9.17) is 11.6 Å². The molecule has 2 aromatic carbocycles. The van der Waals surface area contributed by atoms with E-state index in [2.05, 4.69) is 35.5 Å². The third-order valence-electron chi connectivity index (χ3n) is 3.57. The number of nitrogens with zero attached hydrogens (tertiary/aromatic N) is 1. The van der Waals surface area contributed by atoms with Gasteiger partial charge in [-0.05, 0) is 41.7 Å². The molecule has 2 aromatic rings. The first-order valence-electron chi connectivity index (χ1n) is 7.15. The summed E-state index contributed by atoms with van der Waals surface area (Å²) >= 11 is 5.91. The van der Waals surface area contributed by atoms with E-state index in [-0.39, 0.29) is 0 Å². The lowest BCUT2D eigenvalue weighted by Gasteiger charge is -2.19. The van der Waals surface area contributed by atoms with Crippen molar-refractivity contribution >= 4 is 11.6 Å². The van der Waals surface area contributed by atoms with E-state index in [0.717, 1.165) is 27.4 Å². The van der Waals surface area contributed by atoms with E-state index < -0.39 is 0 Å². The Morgan fingerprint density at radius 2 is 1.83 bits per heavy atom. The molecular weight excluding hydrogens is 308 g/mol. The Morgan fingerprint density at radius 1 is 1.04 bits per heavy atom. The highest BCUT2D eigenvalue weighted by molar-refractivity contribution is 6.31. The van der Waals surface area contributed by atoms with Gasteiger partial charge in [0.05, 0.1) is 5.03 Å². The molecule has 0 amide bonds. The van der Waals surface area contributed by atoms with Gasteiger partial charge in [-0.1, -0.05) is 60.0 Å². The van der Waals surface area contributed by atoms with Gasteiger partial charge in [-0.3, -0.25) is 10.6 Å². The number of hydrogen-bond donors (Lipinski definition) is 2. The topological polar surface area (TPSA) is 35.5 Å². The second-order valence-electron chi connectivity index (χ2n) is 5.09. The van der Waals surface area contributed by atoms with E-state index in [9.17, 15) is 5.21 Å². The Kier molecular flexibility index (Phi) is 4.38. The third kappa shape index (κ3) is 3.40. The minimum atomic E-state index is 0.391. The van der Waals surface area contributed by atoms with Crippen molar-refractivity contribution in [2.24, 2.45) is 0 Å². The van der Waals surface area contributed by atoms with Gasteiger partial charge in [0.2, 0.25) is 0 Å². The van der Waals surface area contributed by atoms with Gasteiger partial charge in [0.15, 0.2) is 0 Å². The quantitative estimate of drug-likeness (QED) is 0.773. The number of hydrogen-bond acceptors (Lipinski definition) is 3. The monoisotopic (exact) mass is 322 g/mol. The summed E-state index contributed by atoms with van der Waals surface area (Å²) in [5, 5.41) is 11.0. The van der Waals surface area contributed by atoms with Crippen LogP contribution in [0.3, 0.4) is 0 Å². The van der Waals surface area contributed by atoms with Gasteiger partial charge in [0, 0.05) is 11.8 Å². The molecule has 114 valence electrons. The molecular formula is C19H15ClN2O. The van der Waals surface area contributed by atoms with Crippen molar-refractivity contribution in [3.05, 3.63) is 82.7 Å². The summed E-state index contributed by atoms with van der Waals surface area (Å²) in [6.07, 6.45) is 3.08. The fourth-order valence-corrected chi connectivity index (χ4v) is 2.50. The van der Waals surface area contributed by atoms with Crippen LogP contribution in [0.15, 0.2) is 71.5 Å². The van der Waals surface area contributed by atoms with Crippen molar-refractivity contribution in [3.8, 4) is 23.0 Å². The second-order valence-corrected chi connectivity index (χ2v) is 5.53. The lowest BCUT2D eigenvalue weighted by Crippen LogP contribution is -2.31.